The molecule has 0 amide bonds. The van der Waals surface area contributed by atoms with Gasteiger partial charge in [-0.2, -0.15) is 0 Å². The predicted octanol–water partition coefficient (Wildman–Crippen LogP) is 3.21. The molecule has 2 rings (SSSR count). The lowest BCUT2D eigenvalue weighted by Gasteiger charge is -2.18. The number of rotatable bonds is 4. The van der Waals surface area contributed by atoms with Crippen LogP contribution in [0, 0.1) is 6.92 Å². The van der Waals surface area contributed by atoms with E-state index >= 15 is 0 Å². The van der Waals surface area contributed by atoms with Crippen LogP contribution in [-0.4, -0.2) is 16.2 Å². The zero-order valence-electron chi connectivity index (χ0n) is 10.1. The van der Waals surface area contributed by atoms with Crippen LogP contribution >= 0.6 is 23.4 Å². The van der Waals surface area contributed by atoms with E-state index in [-0.39, 0.29) is 11.3 Å². The van der Waals surface area contributed by atoms with E-state index in [0.29, 0.717) is 16.1 Å². The second-order valence-electron chi connectivity index (χ2n) is 4.04. The van der Waals surface area contributed by atoms with Gasteiger partial charge in [0, 0.05) is 18.0 Å². The normalized spacial score (nSPS) is 14.4. The summed E-state index contributed by atoms with van der Waals surface area (Å²) in [6.45, 7) is 3.72. The summed E-state index contributed by atoms with van der Waals surface area (Å²) in [4.78, 5) is 0. The molecule has 18 heavy (non-hydrogen) atoms. The third kappa shape index (κ3) is 3.25. The van der Waals surface area contributed by atoms with Crippen LogP contribution in [0.25, 0.3) is 0 Å². The van der Waals surface area contributed by atoms with Gasteiger partial charge in [0.1, 0.15) is 0 Å². The maximum Gasteiger partial charge on any atom is 0.277 e. The predicted molar refractivity (Wildman–Crippen MR) is 72.7 cm³/mol. The van der Waals surface area contributed by atoms with Crippen LogP contribution in [0.15, 0.2) is 33.9 Å². The minimum atomic E-state index is -0.0385. The average Bonchev–Trinajstić information content (AvgIpc) is 2.73. The molecule has 1 aromatic heterocycles. The van der Waals surface area contributed by atoms with Gasteiger partial charge in [0.15, 0.2) is 0 Å². The minimum absolute atomic E-state index is 0.0385. The quantitative estimate of drug-likeness (QED) is 0.873. The molecule has 2 unspecified atom stereocenters. The lowest BCUT2D eigenvalue weighted by atomic mass is 10.1. The first-order valence-electron chi connectivity index (χ1n) is 5.54. The Bertz CT molecular complexity index is 512. The molecular weight excluding hydrogens is 270 g/mol. The van der Waals surface area contributed by atoms with Gasteiger partial charge in [-0.3, -0.25) is 0 Å². The minimum Gasteiger partial charge on any atom is -0.416 e. The highest BCUT2D eigenvalue weighted by atomic mass is 35.5. The Labute approximate surface area is 115 Å². The largest absolute Gasteiger partial charge is 0.416 e. The van der Waals surface area contributed by atoms with Crippen molar-refractivity contribution in [3.05, 3.63) is 40.7 Å². The number of nitrogens with two attached hydrogens (primary N) is 1. The van der Waals surface area contributed by atoms with Gasteiger partial charge in [0.2, 0.25) is 5.89 Å². The smallest absolute Gasteiger partial charge is 0.277 e. The van der Waals surface area contributed by atoms with Crippen molar-refractivity contribution in [1.29, 1.82) is 0 Å². The SMILES string of the molecule is Cc1nnc(SC(c2ccc(Cl)cc2)C(C)N)o1. The standard InChI is InChI=1S/C12H14ClN3OS/c1-7(14)11(9-3-5-10(13)6-4-9)18-12-16-15-8(2)17-12/h3-7,11H,14H2,1-2H3. The van der Waals surface area contributed by atoms with Gasteiger partial charge in [-0.1, -0.05) is 35.5 Å². The van der Waals surface area contributed by atoms with Crippen LogP contribution in [0.3, 0.4) is 0 Å². The lowest BCUT2D eigenvalue weighted by molar-refractivity contribution is 0.427. The summed E-state index contributed by atoms with van der Waals surface area (Å²) in [6.07, 6.45) is 0. The summed E-state index contributed by atoms with van der Waals surface area (Å²) in [5.74, 6) is 0.553. The van der Waals surface area contributed by atoms with Crippen LogP contribution in [0.2, 0.25) is 5.02 Å². The maximum absolute atomic E-state index is 6.02. The van der Waals surface area contributed by atoms with Gasteiger partial charge < -0.3 is 10.2 Å². The fourth-order valence-corrected chi connectivity index (χ4v) is 2.67. The molecule has 6 heteroatoms. The van der Waals surface area contributed by atoms with Crippen molar-refractivity contribution in [2.24, 2.45) is 5.73 Å². The molecule has 1 heterocycles. The van der Waals surface area contributed by atoms with Crippen molar-refractivity contribution in [3.8, 4) is 0 Å². The fraction of sp³-hybridized carbons (Fsp3) is 0.333. The van der Waals surface area contributed by atoms with Crippen molar-refractivity contribution >= 4 is 23.4 Å². The summed E-state index contributed by atoms with van der Waals surface area (Å²) >= 11 is 7.35. The number of benzene rings is 1. The van der Waals surface area contributed by atoms with Crippen LogP contribution in [-0.2, 0) is 0 Å². The first-order valence-corrected chi connectivity index (χ1v) is 6.80. The molecule has 1 aromatic carbocycles. The number of hydrogen-bond donors (Lipinski definition) is 1. The van der Waals surface area contributed by atoms with E-state index < -0.39 is 0 Å². The number of thioether (sulfide) groups is 1. The molecule has 0 saturated heterocycles. The molecule has 0 bridgehead atoms. The molecule has 0 fully saturated rings. The second-order valence-corrected chi connectivity index (χ2v) is 5.57. The number of hydrogen-bond acceptors (Lipinski definition) is 5. The zero-order valence-corrected chi connectivity index (χ0v) is 11.7. The molecule has 0 aliphatic heterocycles. The molecule has 0 radical (unpaired) electrons. The highest BCUT2D eigenvalue weighted by Crippen LogP contribution is 2.36. The monoisotopic (exact) mass is 283 g/mol. The van der Waals surface area contributed by atoms with E-state index in [1.165, 1.54) is 11.8 Å². The van der Waals surface area contributed by atoms with E-state index in [1.54, 1.807) is 6.92 Å². The van der Waals surface area contributed by atoms with Gasteiger partial charge in [-0.05, 0) is 24.6 Å². The van der Waals surface area contributed by atoms with Crippen molar-refractivity contribution in [2.75, 3.05) is 0 Å². The summed E-state index contributed by atoms with van der Waals surface area (Å²) in [5.41, 5.74) is 7.11. The van der Waals surface area contributed by atoms with Crippen LogP contribution in [0.1, 0.15) is 23.6 Å². The topological polar surface area (TPSA) is 64.9 Å². The maximum atomic E-state index is 6.02. The van der Waals surface area contributed by atoms with Crippen molar-refractivity contribution in [1.82, 2.24) is 10.2 Å². The summed E-state index contributed by atoms with van der Waals surface area (Å²) < 4.78 is 5.37. The Morgan fingerprint density at radius 2 is 1.94 bits per heavy atom. The van der Waals surface area contributed by atoms with E-state index in [1.807, 2.05) is 31.2 Å². The van der Waals surface area contributed by atoms with E-state index in [0.717, 1.165) is 5.56 Å². The first kappa shape index (κ1) is 13.4. The molecule has 2 N–H and O–H groups in total. The molecule has 0 aliphatic rings. The van der Waals surface area contributed by atoms with Crippen LogP contribution < -0.4 is 5.73 Å². The van der Waals surface area contributed by atoms with Crippen molar-refractivity contribution < 1.29 is 4.42 Å². The fourth-order valence-electron chi connectivity index (χ4n) is 1.57. The molecule has 2 aromatic rings. The highest BCUT2D eigenvalue weighted by molar-refractivity contribution is 7.99. The van der Waals surface area contributed by atoms with Crippen molar-refractivity contribution in [2.45, 2.75) is 30.4 Å². The molecule has 0 spiro atoms. The van der Waals surface area contributed by atoms with E-state index in [9.17, 15) is 0 Å². The number of aryl methyl sites for hydroxylation is 1. The highest BCUT2D eigenvalue weighted by Gasteiger charge is 2.20. The summed E-state index contributed by atoms with van der Waals surface area (Å²) in [5, 5.41) is 9.08. The molecule has 96 valence electrons. The zero-order chi connectivity index (χ0) is 13.1. The Kier molecular flexibility index (Phi) is 4.27. The molecule has 2 atom stereocenters. The number of aromatic nitrogens is 2. The number of halogens is 1. The van der Waals surface area contributed by atoms with Gasteiger partial charge in [0.05, 0.1) is 5.25 Å². The average molecular weight is 284 g/mol. The third-order valence-electron chi connectivity index (χ3n) is 2.41. The summed E-state index contributed by atoms with van der Waals surface area (Å²) in [6, 6.07) is 7.60. The van der Waals surface area contributed by atoms with Crippen molar-refractivity contribution in [3.63, 3.8) is 0 Å². The van der Waals surface area contributed by atoms with E-state index in [2.05, 4.69) is 10.2 Å². The summed E-state index contributed by atoms with van der Waals surface area (Å²) in [7, 11) is 0. The Balaban J connectivity index is 2.20. The molecular formula is C12H14ClN3OS. The van der Waals surface area contributed by atoms with Gasteiger partial charge >= 0.3 is 0 Å². The number of nitrogens with zero attached hydrogens (tertiary/aromatic N) is 2. The Hall–Kier alpha value is -1.04. The lowest BCUT2D eigenvalue weighted by Crippen LogP contribution is -2.22. The van der Waals surface area contributed by atoms with Gasteiger partial charge in [0.25, 0.3) is 5.22 Å². The van der Waals surface area contributed by atoms with Gasteiger partial charge in [-0.25, -0.2) is 0 Å². The Morgan fingerprint density at radius 1 is 1.28 bits per heavy atom. The molecule has 0 saturated carbocycles. The second kappa shape index (κ2) is 5.73. The van der Waals surface area contributed by atoms with Crippen LogP contribution in [0.4, 0.5) is 0 Å². The third-order valence-corrected chi connectivity index (χ3v) is 3.99. The van der Waals surface area contributed by atoms with E-state index in [4.69, 9.17) is 21.8 Å². The van der Waals surface area contributed by atoms with Gasteiger partial charge in [-0.15, -0.1) is 10.2 Å². The van der Waals surface area contributed by atoms with Crippen LogP contribution in [0.5, 0.6) is 0 Å². The first-order chi connectivity index (χ1) is 8.56. The molecule has 4 nitrogen and oxygen atoms in total. The molecule has 0 aliphatic carbocycles. The Morgan fingerprint density at radius 3 is 2.44 bits per heavy atom.